The fourth-order valence-electron chi connectivity index (χ4n) is 2.21. The van der Waals surface area contributed by atoms with Crippen molar-refractivity contribution in [3.8, 4) is 0 Å². The summed E-state index contributed by atoms with van der Waals surface area (Å²) in [5.74, 6) is 0.0381. The molecule has 0 saturated heterocycles. The highest BCUT2D eigenvalue weighted by molar-refractivity contribution is 5.87. The molecule has 0 bridgehead atoms. The topological polar surface area (TPSA) is 83.5 Å². The summed E-state index contributed by atoms with van der Waals surface area (Å²) in [6.45, 7) is 2.66. The van der Waals surface area contributed by atoms with Gasteiger partial charge in [0, 0.05) is 25.0 Å². The summed E-state index contributed by atoms with van der Waals surface area (Å²) in [6.07, 6.45) is 3.54. The molecule has 1 heterocycles. The van der Waals surface area contributed by atoms with Crippen molar-refractivity contribution in [2.24, 2.45) is 10.9 Å². The van der Waals surface area contributed by atoms with E-state index in [9.17, 15) is 0 Å². The second kappa shape index (κ2) is 7.40. The Morgan fingerprint density at radius 1 is 1.19 bits per heavy atom. The molecule has 0 aliphatic heterocycles. The lowest BCUT2D eigenvalue weighted by Crippen LogP contribution is -2.33. The van der Waals surface area contributed by atoms with Gasteiger partial charge in [-0.1, -0.05) is 35.5 Å². The summed E-state index contributed by atoms with van der Waals surface area (Å²) < 4.78 is 0. The quantitative estimate of drug-likeness (QED) is 0.329. The normalized spacial score (nSPS) is 14.6. The zero-order valence-electron chi connectivity index (χ0n) is 12.0. The van der Waals surface area contributed by atoms with Gasteiger partial charge >= 0.3 is 0 Å². The van der Waals surface area contributed by atoms with E-state index in [1.54, 1.807) is 12.4 Å². The Balaban J connectivity index is 2.07. The van der Waals surface area contributed by atoms with Crippen LogP contribution < -0.4 is 11.1 Å². The second-order valence-electron chi connectivity index (χ2n) is 4.90. The minimum Gasteiger partial charge on any atom is -0.409 e. The number of benzene rings is 1. The van der Waals surface area contributed by atoms with E-state index in [0.29, 0.717) is 6.54 Å². The Labute approximate surface area is 124 Å². The predicted molar refractivity (Wildman–Crippen MR) is 83.2 cm³/mol. The van der Waals surface area contributed by atoms with Gasteiger partial charge in [0.25, 0.3) is 0 Å². The van der Waals surface area contributed by atoms with Crippen molar-refractivity contribution in [3.05, 3.63) is 66.0 Å². The van der Waals surface area contributed by atoms with Crippen LogP contribution in [0.2, 0.25) is 0 Å². The molecule has 0 aliphatic rings. The van der Waals surface area contributed by atoms with E-state index < -0.39 is 0 Å². The molecule has 2 aromatic rings. The highest BCUT2D eigenvalue weighted by atomic mass is 16.4. The molecule has 0 saturated carbocycles. The standard InChI is InChI=1S/C16H20N4O/c1-12(13-7-9-18-10-8-13)19-11-15(16(17)20-21)14-5-3-2-4-6-14/h2-10,12,15,19,21H,11H2,1H3,(H2,17,20)/t12-,15?/m1/s1. The largest absolute Gasteiger partial charge is 0.409 e. The third-order valence-corrected chi connectivity index (χ3v) is 3.51. The molecule has 1 aromatic heterocycles. The van der Waals surface area contributed by atoms with E-state index in [1.165, 1.54) is 0 Å². The lowest BCUT2D eigenvalue weighted by atomic mass is 9.97. The molecule has 1 aromatic carbocycles. The molecule has 1 unspecified atom stereocenters. The minimum absolute atomic E-state index is 0.158. The fourth-order valence-corrected chi connectivity index (χ4v) is 2.21. The lowest BCUT2D eigenvalue weighted by molar-refractivity contribution is 0.315. The fraction of sp³-hybridized carbons (Fsp3) is 0.250. The first-order valence-corrected chi connectivity index (χ1v) is 6.88. The number of hydrogen-bond donors (Lipinski definition) is 3. The Kier molecular flexibility index (Phi) is 5.29. The van der Waals surface area contributed by atoms with Gasteiger partial charge < -0.3 is 16.3 Å². The molecule has 0 fully saturated rings. The molecule has 0 spiro atoms. The van der Waals surface area contributed by atoms with E-state index in [-0.39, 0.29) is 17.8 Å². The first-order chi connectivity index (χ1) is 10.2. The number of rotatable bonds is 6. The molecule has 5 heteroatoms. The van der Waals surface area contributed by atoms with Gasteiger partial charge in [-0.05, 0) is 30.2 Å². The van der Waals surface area contributed by atoms with Crippen molar-refractivity contribution in [1.82, 2.24) is 10.3 Å². The molecule has 2 atom stereocenters. The van der Waals surface area contributed by atoms with Gasteiger partial charge in [0.15, 0.2) is 0 Å². The average Bonchev–Trinajstić information content (AvgIpc) is 2.56. The predicted octanol–water partition coefficient (Wildman–Crippen LogP) is 2.26. The highest BCUT2D eigenvalue weighted by Crippen LogP contribution is 2.17. The number of amidine groups is 1. The Morgan fingerprint density at radius 3 is 2.48 bits per heavy atom. The highest BCUT2D eigenvalue weighted by Gasteiger charge is 2.17. The molecule has 4 N–H and O–H groups in total. The third-order valence-electron chi connectivity index (χ3n) is 3.51. The number of nitrogens with zero attached hydrogens (tertiary/aromatic N) is 2. The first kappa shape index (κ1) is 15.0. The van der Waals surface area contributed by atoms with Gasteiger partial charge in [-0.25, -0.2) is 0 Å². The van der Waals surface area contributed by atoms with Crippen LogP contribution in [0.5, 0.6) is 0 Å². The maximum atomic E-state index is 8.98. The van der Waals surface area contributed by atoms with Crippen molar-refractivity contribution >= 4 is 5.84 Å². The zero-order chi connectivity index (χ0) is 15.1. The van der Waals surface area contributed by atoms with Crippen molar-refractivity contribution in [2.75, 3.05) is 6.54 Å². The molecule has 110 valence electrons. The summed E-state index contributed by atoms with van der Waals surface area (Å²) in [4.78, 5) is 4.01. The maximum absolute atomic E-state index is 8.98. The average molecular weight is 284 g/mol. The van der Waals surface area contributed by atoms with Crippen LogP contribution in [0.1, 0.15) is 30.0 Å². The van der Waals surface area contributed by atoms with Crippen molar-refractivity contribution in [1.29, 1.82) is 0 Å². The van der Waals surface area contributed by atoms with Crippen LogP contribution in [0, 0.1) is 0 Å². The number of oxime groups is 1. The van der Waals surface area contributed by atoms with Crippen molar-refractivity contribution < 1.29 is 5.21 Å². The van der Waals surface area contributed by atoms with Crippen LogP contribution in [0.4, 0.5) is 0 Å². The number of aromatic nitrogens is 1. The first-order valence-electron chi connectivity index (χ1n) is 6.88. The summed E-state index contributed by atoms with van der Waals surface area (Å²) in [6, 6.07) is 13.9. The molecule has 21 heavy (non-hydrogen) atoms. The SMILES string of the molecule is C[C@@H](NCC(/C(N)=N/O)c1ccccc1)c1ccncc1. The van der Waals surface area contributed by atoms with Crippen LogP contribution in [0.25, 0.3) is 0 Å². The minimum atomic E-state index is -0.166. The summed E-state index contributed by atoms with van der Waals surface area (Å²) in [5, 5.41) is 15.5. The second-order valence-corrected chi connectivity index (χ2v) is 4.90. The zero-order valence-corrected chi connectivity index (χ0v) is 12.0. The lowest BCUT2D eigenvalue weighted by Gasteiger charge is -2.20. The van der Waals surface area contributed by atoms with Crippen LogP contribution in [0.3, 0.4) is 0 Å². The van der Waals surface area contributed by atoms with E-state index in [4.69, 9.17) is 10.9 Å². The van der Waals surface area contributed by atoms with Crippen LogP contribution >= 0.6 is 0 Å². The van der Waals surface area contributed by atoms with Gasteiger partial charge in [0.1, 0.15) is 5.84 Å². The Hall–Kier alpha value is -2.40. The Morgan fingerprint density at radius 2 is 1.86 bits per heavy atom. The van der Waals surface area contributed by atoms with Crippen LogP contribution in [-0.2, 0) is 0 Å². The summed E-state index contributed by atoms with van der Waals surface area (Å²) in [5.41, 5.74) is 7.99. The molecule has 0 amide bonds. The van der Waals surface area contributed by atoms with Gasteiger partial charge in [0.2, 0.25) is 0 Å². The monoisotopic (exact) mass is 284 g/mol. The Bertz CT molecular complexity index is 571. The summed E-state index contributed by atoms with van der Waals surface area (Å²) in [7, 11) is 0. The third kappa shape index (κ3) is 4.03. The van der Waals surface area contributed by atoms with E-state index in [2.05, 4.69) is 22.4 Å². The molecule has 0 radical (unpaired) electrons. The smallest absolute Gasteiger partial charge is 0.147 e. The number of nitrogens with two attached hydrogens (primary N) is 1. The number of nitrogens with one attached hydrogen (secondary N) is 1. The number of pyridine rings is 1. The van der Waals surface area contributed by atoms with Gasteiger partial charge in [-0.2, -0.15) is 0 Å². The van der Waals surface area contributed by atoms with Gasteiger partial charge in [-0.15, -0.1) is 0 Å². The van der Waals surface area contributed by atoms with Crippen LogP contribution in [0.15, 0.2) is 60.0 Å². The number of hydrogen-bond acceptors (Lipinski definition) is 4. The van der Waals surface area contributed by atoms with Crippen LogP contribution in [-0.4, -0.2) is 22.6 Å². The van der Waals surface area contributed by atoms with E-state index in [1.807, 2.05) is 42.5 Å². The molecule has 2 rings (SSSR count). The molecule has 0 aliphatic carbocycles. The summed E-state index contributed by atoms with van der Waals surface area (Å²) >= 11 is 0. The maximum Gasteiger partial charge on any atom is 0.147 e. The molecular weight excluding hydrogens is 264 g/mol. The van der Waals surface area contributed by atoms with E-state index >= 15 is 0 Å². The van der Waals surface area contributed by atoms with Gasteiger partial charge in [-0.3, -0.25) is 4.98 Å². The van der Waals surface area contributed by atoms with Crippen molar-refractivity contribution in [3.63, 3.8) is 0 Å². The van der Waals surface area contributed by atoms with Gasteiger partial charge in [0.05, 0.1) is 5.92 Å². The van der Waals surface area contributed by atoms with E-state index in [0.717, 1.165) is 11.1 Å². The molecular formula is C16H20N4O. The van der Waals surface area contributed by atoms with Crippen molar-refractivity contribution in [2.45, 2.75) is 18.9 Å². The molecule has 5 nitrogen and oxygen atoms in total.